The van der Waals surface area contributed by atoms with Crippen molar-refractivity contribution in [3.05, 3.63) is 70.3 Å². The fraction of sp³-hybridized carbons (Fsp3) is 0.610. The van der Waals surface area contributed by atoms with E-state index in [0.717, 1.165) is 101 Å². The molecule has 2 aromatic rings. The zero-order chi connectivity index (χ0) is 36.1. The van der Waals surface area contributed by atoms with Gasteiger partial charge in [0.2, 0.25) is 5.91 Å². The van der Waals surface area contributed by atoms with E-state index in [-0.39, 0.29) is 40.4 Å². The number of benzene rings is 2. The number of aryl methyl sites for hydroxylation is 1. The first kappa shape index (κ1) is 36.1. The molecule has 8 rings (SSSR count). The van der Waals surface area contributed by atoms with Gasteiger partial charge in [-0.05, 0) is 129 Å². The van der Waals surface area contributed by atoms with Crippen LogP contribution in [0.3, 0.4) is 0 Å². The quantitative estimate of drug-likeness (QED) is 0.329. The maximum Gasteiger partial charge on any atom is 0.286 e. The van der Waals surface area contributed by atoms with Gasteiger partial charge in [0, 0.05) is 55.3 Å². The third-order valence-electron chi connectivity index (χ3n) is 13.1. The van der Waals surface area contributed by atoms with Gasteiger partial charge < -0.3 is 19.1 Å². The fourth-order valence-corrected chi connectivity index (χ4v) is 12.2. The van der Waals surface area contributed by atoms with Crippen molar-refractivity contribution in [1.82, 2.24) is 4.72 Å². The maximum atomic E-state index is 14.6. The van der Waals surface area contributed by atoms with Crippen molar-refractivity contribution in [2.75, 3.05) is 50.7 Å². The lowest BCUT2D eigenvalue weighted by molar-refractivity contribution is -0.135. The molecule has 2 aromatic carbocycles. The Morgan fingerprint density at radius 3 is 2.71 bits per heavy atom. The Labute approximate surface area is 313 Å². The molecule has 11 heteroatoms. The summed E-state index contributed by atoms with van der Waals surface area (Å²) in [6.07, 6.45) is 13.5. The molecule has 52 heavy (non-hydrogen) atoms. The van der Waals surface area contributed by atoms with Crippen LogP contribution in [0.2, 0.25) is 5.02 Å². The molecule has 2 saturated carbocycles. The minimum atomic E-state index is -3.43. The summed E-state index contributed by atoms with van der Waals surface area (Å²) in [6, 6.07) is 11.7. The number of hydrogen-bond donors (Lipinski definition) is 1. The van der Waals surface area contributed by atoms with E-state index in [1.54, 1.807) is 13.2 Å². The summed E-state index contributed by atoms with van der Waals surface area (Å²) < 4.78 is 40.1. The third kappa shape index (κ3) is 7.05. The summed E-state index contributed by atoms with van der Waals surface area (Å²) in [7, 11) is -1.64. The SMILES string of the molecule is CO[C@H]1/C=C\C[C@H](C)CS(=O)(NC(=O)C2CC3(CCOCC3)C2)=NC(=O)c2ccc3c(c2)N(C[C@@H]2CC[C@H]21)C[C@@]1(CCCc2cc(Cl)ccc21)CO3. The number of methoxy groups -OCH3 is 1. The molecule has 6 atom stereocenters. The highest BCUT2D eigenvalue weighted by Gasteiger charge is 2.48. The molecule has 2 bridgehead atoms. The molecule has 1 saturated heterocycles. The second kappa shape index (κ2) is 14.4. The smallest absolute Gasteiger partial charge is 0.286 e. The van der Waals surface area contributed by atoms with Crippen LogP contribution in [-0.2, 0) is 36.0 Å². The van der Waals surface area contributed by atoms with Crippen LogP contribution in [0.15, 0.2) is 52.9 Å². The number of nitrogens with zero attached hydrogens (tertiary/aromatic N) is 2. The van der Waals surface area contributed by atoms with E-state index >= 15 is 0 Å². The van der Waals surface area contributed by atoms with Crippen molar-refractivity contribution in [3.8, 4) is 5.75 Å². The van der Waals surface area contributed by atoms with Gasteiger partial charge in [-0.3, -0.25) is 14.3 Å². The summed E-state index contributed by atoms with van der Waals surface area (Å²) in [5.41, 5.74) is 3.64. The first-order valence-corrected chi connectivity index (χ1v) is 21.3. The van der Waals surface area contributed by atoms with Crippen molar-refractivity contribution in [3.63, 3.8) is 0 Å². The molecule has 6 aliphatic rings. The lowest BCUT2D eigenvalue weighted by Crippen LogP contribution is -2.49. The number of amides is 2. The lowest BCUT2D eigenvalue weighted by atomic mass is 9.58. The van der Waals surface area contributed by atoms with Gasteiger partial charge in [-0.2, -0.15) is 0 Å². The number of rotatable bonds is 3. The van der Waals surface area contributed by atoms with Gasteiger partial charge in [0.25, 0.3) is 5.91 Å². The minimum Gasteiger partial charge on any atom is -0.490 e. The van der Waals surface area contributed by atoms with E-state index < -0.39 is 15.8 Å². The molecule has 9 nitrogen and oxygen atoms in total. The van der Waals surface area contributed by atoms with Crippen molar-refractivity contribution in [2.45, 2.75) is 82.7 Å². The zero-order valence-electron chi connectivity index (χ0n) is 30.4. The minimum absolute atomic E-state index is 0.0363. The standard InChI is InChI=1S/C41H52ClN3O6S/c1-27-5-3-7-36(49-2)33-11-8-30(33)23-45-25-41(14-4-6-28-19-32(42)10-12-34(28)41)26-51-37-13-9-29(20-35(37)45)38(46)43-52(48,24-27)44-39(47)31-21-40(22-31)15-17-50-18-16-40/h3,7,9-10,12-13,19-20,27,30-31,33,36H,4-6,8,11,14-18,21-26H2,1-2H3,(H,43,44,46,47,48)/b7-3-/t27-,30-,33+,36-,41-,52?/m0/s1. The number of allylic oxidation sites excluding steroid dienone is 1. The summed E-state index contributed by atoms with van der Waals surface area (Å²) in [6.45, 7) is 5.49. The molecular formula is C41H52ClN3O6S. The van der Waals surface area contributed by atoms with Crippen molar-refractivity contribution in [1.29, 1.82) is 0 Å². The van der Waals surface area contributed by atoms with Crippen LogP contribution in [0.1, 0.15) is 86.2 Å². The molecule has 0 aromatic heterocycles. The molecule has 3 aliphatic carbocycles. The first-order chi connectivity index (χ1) is 25.1. The normalized spacial score (nSPS) is 33.7. The Kier molecular flexibility index (Phi) is 9.98. The number of hydrogen-bond acceptors (Lipinski definition) is 7. The molecule has 1 N–H and O–H groups in total. The van der Waals surface area contributed by atoms with Crippen LogP contribution < -0.4 is 14.4 Å². The van der Waals surface area contributed by atoms with Gasteiger partial charge in [-0.15, -0.1) is 4.36 Å². The monoisotopic (exact) mass is 749 g/mol. The van der Waals surface area contributed by atoms with E-state index in [1.165, 1.54) is 11.1 Å². The molecule has 0 radical (unpaired) electrons. The first-order valence-electron chi connectivity index (χ1n) is 19.3. The zero-order valence-corrected chi connectivity index (χ0v) is 32.0. The maximum absolute atomic E-state index is 14.6. The lowest BCUT2D eigenvalue weighted by Gasteiger charge is -2.49. The van der Waals surface area contributed by atoms with Crippen LogP contribution in [0.4, 0.5) is 5.69 Å². The van der Waals surface area contributed by atoms with Crippen LogP contribution in [0, 0.1) is 29.1 Å². The predicted molar refractivity (Wildman–Crippen MR) is 203 cm³/mol. The van der Waals surface area contributed by atoms with E-state index in [0.29, 0.717) is 30.4 Å². The third-order valence-corrected chi connectivity index (χ3v) is 15.3. The molecule has 2 amide bonds. The van der Waals surface area contributed by atoms with Crippen LogP contribution in [-0.4, -0.2) is 67.9 Å². The van der Waals surface area contributed by atoms with Gasteiger partial charge in [0.1, 0.15) is 15.7 Å². The number of anilines is 1. The van der Waals surface area contributed by atoms with Gasteiger partial charge in [0.15, 0.2) is 0 Å². The molecule has 3 heterocycles. The Bertz CT molecular complexity index is 1860. The Morgan fingerprint density at radius 2 is 1.94 bits per heavy atom. The topological polar surface area (TPSA) is 107 Å². The Balaban J connectivity index is 1.15. The van der Waals surface area contributed by atoms with Gasteiger partial charge in [-0.25, -0.2) is 4.21 Å². The highest BCUT2D eigenvalue weighted by Crippen LogP contribution is 2.52. The molecular weight excluding hydrogens is 698 g/mol. The van der Waals surface area contributed by atoms with Crippen LogP contribution >= 0.6 is 11.6 Å². The summed E-state index contributed by atoms with van der Waals surface area (Å²) in [5.74, 6) is 0.382. The van der Waals surface area contributed by atoms with E-state index in [1.807, 2.05) is 25.1 Å². The van der Waals surface area contributed by atoms with Crippen LogP contribution in [0.5, 0.6) is 5.75 Å². The highest BCUT2D eigenvalue weighted by atomic mass is 35.5. The van der Waals surface area contributed by atoms with Crippen molar-refractivity contribution < 1.29 is 28.0 Å². The largest absolute Gasteiger partial charge is 0.490 e. The van der Waals surface area contributed by atoms with Crippen LogP contribution in [0.25, 0.3) is 0 Å². The number of nitrogens with one attached hydrogen (secondary N) is 1. The average Bonchev–Trinajstić information content (AvgIpc) is 3.24. The number of fused-ring (bicyclic) bond motifs is 4. The van der Waals surface area contributed by atoms with Gasteiger partial charge >= 0.3 is 0 Å². The van der Waals surface area contributed by atoms with E-state index in [9.17, 15) is 13.8 Å². The Morgan fingerprint density at radius 1 is 1.12 bits per heavy atom. The van der Waals surface area contributed by atoms with E-state index in [2.05, 4.69) is 38.3 Å². The van der Waals surface area contributed by atoms with Crippen molar-refractivity contribution in [2.24, 2.45) is 33.4 Å². The summed E-state index contributed by atoms with van der Waals surface area (Å²) in [4.78, 5) is 30.1. The number of carbonyl (C=O) groups is 2. The molecule has 280 valence electrons. The predicted octanol–water partition coefficient (Wildman–Crippen LogP) is 7.30. The summed E-state index contributed by atoms with van der Waals surface area (Å²) >= 11 is 6.47. The highest BCUT2D eigenvalue weighted by molar-refractivity contribution is 7.92. The average molecular weight is 750 g/mol. The second-order valence-corrected chi connectivity index (χ2v) is 19.1. The second-order valence-electron chi connectivity index (χ2n) is 16.6. The Hall–Kier alpha value is -2.92. The molecule has 3 aliphatic heterocycles. The molecule has 2 spiro atoms. The van der Waals surface area contributed by atoms with Gasteiger partial charge in [0.05, 0.1) is 24.2 Å². The number of halogens is 1. The summed E-state index contributed by atoms with van der Waals surface area (Å²) in [5, 5.41) is 0.750. The fourth-order valence-electron chi connectivity index (χ4n) is 9.99. The van der Waals surface area contributed by atoms with Crippen molar-refractivity contribution >= 4 is 39.0 Å². The van der Waals surface area contributed by atoms with E-state index in [4.69, 9.17) is 25.8 Å². The number of ether oxygens (including phenoxy) is 3. The molecule has 3 fully saturated rings. The molecule has 1 unspecified atom stereocenters. The van der Waals surface area contributed by atoms with Gasteiger partial charge in [-0.1, -0.05) is 36.7 Å². The number of carbonyl (C=O) groups excluding carboxylic acids is 2.